The van der Waals surface area contributed by atoms with Crippen LogP contribution in [0, 0.1) is 5.82 Å². The highest BCUT2D eigenvalue weighted by molar-refractivity contribution is 9.12. The number of halogens is 2. The quantitative estimate of drug-likeness (QED) is 0.784. The Kier molecular flexibility index (Phi) is 3.07. The highest BCUT2D eigenvalue weighted by atomic mass is 79.9. The Balaban J connectivity index is 2.45. The van der Waals surface area contributed by atoms with Gasteiger partial charge in [-0.1, -0.05) is 12.1 Å². The first-order valence-electron chi connectivity index (χ1n) is 4.53. The number of benzene rings is 1. The summed E-state index contributed by atoms with van der Waals surface area (Å²) in [6.45, 7) is 0. The summed E-state index contributed by atoms with van der Waals surface area (Å²) < 4.78 is 23.0. The summed E-state index contributed by atoms with van der Waals surface area (Å²) in [5.41, 5.74) is 1.26. The minimum atomic E-state index is -0.743. The van der Waals surface area contributed by atoms with Crippen molar-refractivity contribution in [1.82, 2.24) is 0 Å². The van der Waals surface area contributed by atoms with Crippen LogP contribution in [-0.4, -0.2) is 19.4 Å². The van der Waals surface area contributed by atoms with Crippen LogP contribution in [0.2, 0.25) is 0 Å². The van der Waals surface area contributed by atoms with E-state index in [0.29, 0.717) is 15.6 Å². The zero-order valence-corrected chi connectivity index (χ0v) is 9.95. The average Bonchev–Trinajstić information content (AvgIpc) is 2.57. The largest absolute Gasteiger partial charge is 0.427 e. The second-order valence-electron chi connectivity index (χ2n) is 3.21. The van der Waals surface area contributed by atoms with E-state index in [9.17, 15) is 9.18 Å². The number of methoxy groups -OCH3 is 1. The molecule has 0 aliphatic carbocycles. The van der Waals surface area contributed by atoms with E-state index in [0.717, 1.165) is 0 Å². The van der Waals surface area contributed by atoms with Crippen LogP contribution in [0.3, 0.4) is 0 Å². The smallest absolute Gasteiger partial charge is 0.348 e. The molecule has 2 rings (SSSR count). The third kappa shape index (κ3) is 1.88. The minimum Gasteiger partial charge on any atom is -0.427 e. The molecule has 1 atom stereocenters. The second-order valence-corrected chi connectivity index (χ2v) is 4.00. The molecular weight excluding hydrogens is 279 g/mol. The lowest BCUT2D eigenvalue weighted by Gasteiger charge is -2.11. The molecule has 0 aromatic heterocycles. The summed E-state index contributed by atoms with van der Waals surface area (Å²) in [5, 5.41) is 0. The molecule has 1 aromatic rings. The number of rotatable bonds is 2. The summed E-state index contributed by atoms with van der Waals surface area (Å²) in [7, 11) is 1.44. The standard InChI is InChI=1S/C11H8BrFO3/c1-15-11-8(9(12)10(14)16-11)6-2-4-7(13)5-3-6/h2-5,11H,1H3. The summed E-state index contributed by atoms with van der Waals surface area (Å²) >= 11 is 3.14. The van der Waals surface area contributed by atoms with Gasteiger partial charge in [-0.25, -0.2) is 9.18 Å². The van der Waals surface area contributed by atoms with Crippen molar-refractivity contribution < 1.29 is 18.7 Å². The Hall–Kier alpha value is -1.20. The Bertz CT molecular complexity index is 453. The van der Waals surface area contributed by atoms with Gasteiger partial charge in [0.25, 0.3) is 0 Å². The summed E-state index contributed by atoms with van der Waals surface area (Å²) in [6, 6.07) is 5.77. The number of hydrogen-bond donors (Lipinski definition) is 0. The Morgan fingerprint density at radius 3 is 2.56 bits per heavy atom. The molecule has 0 saturated carbocycles. The van der Waals surface area contributed by atoms with E-state index < -0.39 is 12.3 Å². The van der Waals surface area contributed by atoms with Crippen molar-refractivity contribution >= 4 is 27.5 Å². The van der Waals surface area contributed by atoms with E-state index in [-0.39, 0.29) is 5.82 Å². The van der Waals surface area contributed by atoms with Crippen molar-refractivity contribution in [1.29, 1.82) is 0 Å². The molecule has 0 N–H and O–H groups in total. The predicted molar refractivity (Wildman–Crippen MR) is 59.1 cm³/mol. The maximum Gasteiger partial charge on any atom is 0.348 e. The van der Waals surface area contributed by atoms with Crippen LogP contribution < -0.4 is 0 Å². The summed E-state index contributed by atoms with van der Waals surface area (Å²) in [4.78, 5) is 11.3. The maximum atomic E-state index is 12.8. The molecule has 1 aliphatic heterocycles. The van der Waals surface area contributed by atoms with Gasteiger partial charge in [0.05, 0.1) is 0 Å². The van der Waals surface area contributed by atoms with Crippen molar-refractivity contribution in [3.05, 3.63) is 40.1 Å². The number of esters is 1. The van der Waals surface area contributed by atoms with Gasteiger partial charge in [-0.2, -0.15) is 0 Å². The van der Waals surface area contributed by atoms with Crippen molar-refractivity contribution in [2.24, 2.45) is 0 Å². The first kappa shape index (κ1) is 11.3. The molecule has 5 heteroatoms. The summed E-state index contributed by atoms with van der Waals surface area (Å²) in [5.74, 6) is -0.814. The molecule has 0 amide bonds. The highest BCUT2D eigenvalue weighted by Crippen LogP contribution is 2.34. The third-order valence-corrected chi connectivity index (χ3v) is 2.99. The first-order valence-corrected chi connectivity index (χ1v) is 5.32. The van der Waals surface area contributed by atoms with E-state index in [4.69, 9.17) is 9.47 Å². The maximum absolute atomic E-state index is 12.8. The Morgan fingerprint density at radius 1 is 1.38 bits per heavy atom. The molecule has 0 spiro atoms. The topological polar surface area (TPSA) is 35.5 Å². The zero-order chi connectivity index (χ0) is 11.7. The highest BCUT2D eigenvalue weighted by Gasteiger charge is 2.33. The van der Waals surface area contributed by atoms with Crippen LogP contribution in [0.15, 0.2) is 28.7 Å². The lowest BCUT2D eigenvalue weighted by molar-refractivity contribution is -0.153. The third-order valence-electron chi connectivity index (χ3n) is 2.23. The fourth-order valence-electron chi connectivity index (χ4n) is 1.48. The second kappa shape index (κ2) is 4.35. The van der Waals surface area contributed by atoms with Crippen LogP contribution in [0.5, 0.6) is 0 Å². The first-order chi connectivity index (χ1) is 7.63. The lowest BCUT2D eigenvalue weighted by Crippen LogP contribution is -2.13. The van der Waals surface area contributed by atoms with E-state index >= 15 is 0 Å². The van der Waals surface area contributed by atoms with Gasteiger partial charge in [-0.3, -0.25) is 0 Å². The molecule has 1 aromatic carbocycles. The van der Waals surface area contributed by atoms with Gasteiger partial charge in [0.15, 0.2) is 0 Å². The van der Waals surface area contributed by atoms with Crippen molar-refractivity contribution in [2.45, 2.75) is 6.29 Å². The lowest BCUT2D eigenvalue weighted by atomic mass is 10.1. The van der Waals surface area contributed by atoms with Crippen LogP contribution in [-0.2, 0) is 14.3 Å². The van der Waals surface area contributed by atoms with Crippen molar-refractivity contribution in [3.63, 3.8) is 0 Å². The van der Waals surface area contributed by atoms with Crippen LogP contribution in [0.25, 0.3) is 5.57 Å². The zero-order valence-electron chi connectivity index (χ0n) is 8.37. The van der Waals surface area contributed by atoms with Gasteiger partial charge in [0, 0.05) is 12.7 Å². The Morgan fingerprint density at radius 2 is 2.00 bits per heavy atom. The monoisotopic (exact) mass is 286 g/mol. The van der Waals surface area contributed by atoms with Gasteiger partial charge >= 0.3 is 5.97 Å². The van der Waals surface area contributed by atoms with Crippen molar-refractivity contribution in [2.75, 3.05) is 7.11 Å². The molecule has 1 aliphatic rings. The molecule has 84 valence electrons. The minimum absolute atomic E-state index is 0.311. The van der Waals surface area contributed by atoms with Gasteiger partial charge in [-0.15, -0.1) is 0 Å². The predicted octanol–water partition coefficient (Wildman–Crippen LogP) is 2.46. The van der Waals surface area contributed by atoms with E-state index in [1.807, 2.05) is 0 Å². The molecule has 0 fully saturated rings. The fourth-order valence-corrected chi connectivity index (χ4v) is 1.99. The molecular formula is C11H8BrFO3. The number of carbonyl (C=O) groups is 1. The fraction of sp³-hybridized carbons (Fsp3) is 0.182. The van der Waals surface area contributed by atoms with E-state index in [2.05, 4.69) is 15.9 Å². The average molecular weight is 287 g/mol. The number of ether oxygens (including phenoxy) is 2. The number of hydrogen-bond acceptors (Lipinski definition) is 3. The SMILES string of the molecule is COC1OC(=O)C(Br)=C1c1ccc(F)cc1. The number of cyclic esters (lactones) is 1. The summed E-state index contributed by atoms with van der Waals surface area (Å²) in [6.07, 6.45) is -0.743. The molecule has 16 heavy (non-hydrogen) atoms. The van der Waals surface area contributed by atoms with Gasteiger partial charge in [0.2, 0.25) is 6.29 Å². The molecule has 1 heterocycles. The molecule has 0 radical (unpaired) electrons. The van der Waals surface area contributed by atoms with E-state index in [1.54, 1.807) is 12.1 Å². The van der Waals surface area contributed by atoms with Crippen LogP contribution >= 0.6 is 15.9 Å². The van der Waals surface area contributed by atoms with Gasteiger partial charge in [-0.05, 0) is 33.6 Å². The van der Waals surface area contributed by atoms with E-state index in [1.165, 1.54) is 19.2 Å². The number of carbonyl (C=O) groups excluding carboxylic acids is 1. The van der Waals surface area contributed by atoms with Crippen molar-refractivity contribution in [3.8, 4) is 0 Å². The van der Waals surface area contributed by atoms with Gasteiger partial charge in [0.1, 0.15) is 10.3 Å². The normalized spacial score (nSPS) is 20.2. The molecule has 3 nitrogen and oxygen atoms in total. The molecule has 1 unspecified atom stereocenters. The van der Waals surface area contributed by atoms with Crippen LogP contribution in [0.4, 0.5) is 4.39 Å². The molecule has 0 bridgehead atoms. The molecule has 0 saturated heterocycles. The van der Waals surface area contributed by atoms with Gasteiger partial charge < -0.3 is 9.47 Å². The van der Waals surface area contributed by atoms with Crippen LogP contribution in [0.1, 0.15) is 5.56 Å². The Labute approximate surface area is 100.0 Å².